The van der Waals surface area contributed by atoms with Crippen molar-refractivity contribution in [2.75, 3.05) is 0 Å². The predicted octanol–water partition coefficient (Wildman–Crippen LogP) is 14.1. The van der Waals surface area contributed by atoms with E-state index in [1.807, 2.05) is 23.5 Å². The molecule has 51 heavy (non-hydrogen) atoms. The number of hydrogen-bond acceptors (Lipinski definition) is 2. The first-order valence-electron chi connectivity index (χ1n) is 17.3. The summed E-state index contributed by atoms with van der Waals surface area (Å²) in [6.07, 6.45) is 0. The van der Waals surface area contributed by atoms with Crippen molar-refractivity contribution in [2.24, 2.45) is 0 Å². The fraction of sp³-hybridized carbons (Fsp3) is 0. The van der Waals surface area contributed by atoms with Crippen molar-refractivity contribution in [1.29, 1.82) is 0 Å². The Bertz CT molecular complexity index is 3030. The molecule has 8 aromatic carbocycles. The maximum Gasteiger partial charge on any atom is 0.135 e. The molecule has 0 aliphatic rings. The van der Waals surface area contributed by atoms with E-state index in [-0.39, 0.29) is 0 Å². The number of thiophene rings is 1. The van der Waals surface area contributed by atoms with Gasteiger partial charge in [0.25, 0.3) is 0 Å². The molecule has 0 bridgehead atoms. The third-order valence-electron chi connectivity index (χ3n) is 10.4. The van der Waals surface area contributed by atoms with Gasteiger partial charge >= 0.3 is 0 Å². The van der Waals surface area contributed by atoms with E-state index in [4.69, 9.17) is 4.42 Å². The molecule has 11 aromatic rings. The number of furan rings is 1. The Hall–Kier alpha value is -6.42. The van der Waals surface area contributed by atoms with Crippen LogP contribution < -0.4 is 0 Å². The smallest absolute Gasteiger partial charge is 0.135 e. The van der Waals surface area contributed by atoms with Crippen molar-refractivity contribution in [3.05, 3.63) is 176 Å². The lowest BCUT2D eigenvalue weighted by Gasteiger charge is -2.12. The number of fused-ring (bicyclic) bond motifs is 9. The highest BCUT2D eigenvalue weighted by molar-refractivity contribution is 7.25. The summed E-state index contributed by atoms with van der Waals surface area (Å²) >= 11 is 1.87. The number of nitrogens with zero attached hydrogens (tertiary/aromatic N) is 1. The summed E-state index contributed by atoms with van der Waals surface area (Å²) < 4.78 is 11.2. The molecule has 11 rings (SSSR count). The van der Waals surface area contributed by atoms with Crippen LogP contribution in [0.4, 0.5) is 0 Å². The van der Waals surface area contributed by atoms with Crippen LogP contribution in [0.2, 0.25) is 0 Å². The Labute approximate surface area is 298 Å². The Kier molecular flexibility index (Phi) is 6.16. The topological polar surface area (TPSA) is 18.1 Å². The SMILES string of the molecule is c1ccc(-c2ccc3c4ccc(-c5ccccc5)cc4n(-c4cccc5sc6ccc(-c7ccc8oc9ccccc9c8c7)cc6c45)c3c2)cc1. The average Bonchev–Trinajstić information content (AvgIpc) is 3.87. The third kappa shape index (κ3) is 4.42. The van der Waals surface area contributed by atoms with E-state index in [9.17, 15) is 0 Å². The van der Waals surface area contributed by atoms with E-state index in [0.29, 0.717) is 0 Å². The van der Waals surface area contributed by atoms with Crippen molar-refractivity contribution in [3.8, 4) is 39.1 Å². The monoisotopic (exact) mass is 667 g/mol. The largest absolute Gasteiger partial charge is 0.456 e. The standard InChI is InChI=1S/C48H29NOS/c1-3-10-30(11-4-1)34-18-22-36-37-23-19-35(31-12-5-2-6-13-31)29-43(37)49(42(36)28-34)41-15-9-17-47-48(41)40-27-33(21-25-46(40)51-47)32-20-24-45-39(26-32)38-14-7-8-16-44(38)50-45/h1-29H. The van der Waals surface area contributed by atoms with Gasteiger partial charge in [-0.2, -0.15) is 0 Å². The van der Waals surface area contributed by atoms with Gasteiger partial charge in [0, 0.05) is 41.7 Å². The summed E-state index contributed by atoms with van der Waals surface area (Å²) in [6.45, 7) is 0. The van der Waals surface area contributed by atoms with Gasteiger partial charge in [0.15, 0.2) is 0 Å². The second-order valence-electron chi connectivity index (χ2n) is 13.3. The van der Waals surface area contributed by atoms with Crippen LogP contribution in [0.25, 0.3) is 103 Å². The fourth-order valence-electron chi connectivity index (χ4n) is 7.98. The van der Waals surface area contributed by atoms with Crippen LogP contribution in [0.3, 0.4) is 0 Å². The number of rotatable bonds is 4. The summed E-state index contributed by atoms with van der Waals surface area (Å²) in [5, 5.41) is 7.35. The Morgan fingerprint density at radius 3 is 1.63 bits per heavy atom. The number of aromatic nitrogens is 1. The molecular weight excluding hydrogens is 639 g/mol. The molecule has 3 aromatic heterocycles. The van der Waals surface area contributed by atoms with Gasteiger partial charge in [-0.1, -0.05) is 121 Å². The van der Waals surface area contributed by atoms with E-state index in [1.165, 1.54) is 81.0 Å². The van der Waals surface area contributed by atoms with Gasteiger partial charge in [-0.15, -0.1) is 11.3 Å². The first kappa shape index (κ1) is 28.4. The Balaban J connectivity index is 1.19. The number of para-hydroxylation sites is 1. The minimum Gasteiger partial charge on any atom is -0.456 e. The quantitative estimate of drug-likeness (QED) is 0.183. The zero-order valence-electron chi connectivity index (χ0n) is 27.5. The average molecular weight is 668 g/mol. The molecule has 0 radical (unpaired) electrons. The molecule has 0 unspecified atom stereocenters. The summed E-state index contributed by atoms with van der Waals surface area (Å²) in [7, 11) is 0. The molecule has 0 aliphatic heterocycles. The molecule has 0 saturated carbocycles. The van der Waals surface area contributed by atoms with Crippen molar-refractivity contribution in [3.63, 3.8) is 0 Å². The van der Waals surface area contributed by atoms with Crippen LogP contribution in [0.15, 0.2) is 180 Å². The van der Waals surface area contributed by atoms with E-state index < -0.39 is 0 Å². The molecule has 0 amide bonds. The van der Waals surface area contributed by atoms with Gasteiger partial charge < -0.3 is 8.98 Å². The van der Waals surface area contributed by atoms with Crippen molar-refractivity contribution < 1.29 is 4.42 Å². The minimum absolute atomic E-state index is 0.917. The molecule has 0 N–H and O–H groups in total. The molecule has 3 heterocycles. The second-order valence-corrected chi connectivity index (χ2v) is 14.4. The highest BCUT2D eigenvalue weighted by Gasteiger charge is 2.19. The lowest BCUT2D eigenvalue weighted by atomic mass is 10.00. The minimum atomic E-state index is 0.917. The molecule has 0 atom stereocenters. The van der Waals surface area contributed by atoms with E-state index in [0.717, 1.165) is 21.9 Å². The summed E-state index contributed by atoms with van der Waals surface area (Å²) in [5.74, 6) is 0. The number of benzene rings is 8. The lowest BCUT2D eigenvalue weighted by Crippen LogP contribution is -1.95. The van der Waals surface area contributed by atoms with Gasteiger partial charge in [0.2, 0.25) is 0 Å². The molecule has 0 aliphatic carbocycles. The molecule has 0 fully saturated rings. The lowest BCUT2D eigenvalue weighted by molar-refractivity contribution is 0.669. The predicted molar refractivity (Wildman–Crippen MR) is 217 cm³/mol. The summed E-state index contributed by atoms with van der Waals surface area (Å²) in [4.78, 5) is 0. The van der Waals surface area contributed by atoms with E-state index >= 15 is 0 Å². The highest BCUT2D eigenvalue weighted by atomic mass is 32.1. The van der Waals surface area contributed by atoms with Crippen LogP contribution >= 0.6 is 11.3 Å². The Morgan fingerprint density at radius 2 is 0.922 bits per heavy atom. The van der Waals surface area contributed by atoms with E-state index in [2.05, 4.69) is 168 Å². The first-order valence-corrected chi connectivity index (χ1v) is 18.1. The molecule has 238 valence electrons. The zero-order chi connectivity index (χ0) is 33.5. The normalized spacial score (nSPS) is 11.9. The van der Waals surface area contributed by atoms with Gasteiger partial charge in [-0.25, -0.2) is 0 Å². The molecular formula is C48H29NOS. The van der Waals surface area contributed by atoms with Gasteiger partial charge in [0.1, 0.15) is 11.2 Å². The van der Waals surface area contributed by atoms with Crippen molar-refractivity contribution in [2.45, 2.75) is 0 Å². The third-order valence-corrected chi connectivity index (χ3v) is 11.5. The summed E-state index contributed by atoms with van der Waals surface area (Å²) in [6, 6.07) is 63.9. The van der Waals surface area contributed by atoms with Crippen LogP contribution in [-0.2, 0) is 0 Å². The summed E-state index contributed by atoms with van der Waals surface area (Å²) in [5.41, 5.74) is 12.7. The molecule has 2 nitrogen and oxygen atoms in total. The van der Waals surface area contributed by atoms with Crippen LogP contribution in [0.5, 0.6) is 0 Å². The van der Waals surface area contributed by atoms with Crippen LogP contribution in [0.1, 0.15) is 0 Å². The second kappa shape index (κ2) is 11.0. The molecule has 0 spiro atoms. The maximum absolute atomic E-state index is 6.16. The van der Waals surface area contributed by atoms with Gasteiger partial charge in [-0.3, -0.25) is 0 Å². The zero-order valence-corrected chi connectivity index (χ0v) is 28.3. The first-order chi connectivity index (χ1) is 25.3. The maximum atomic E-state index is 6.16. The van der Waals surface area contributed by atoms with Crippen molar-refractivity contribution >= 4 is 75.3 Å². The van der Waals surface area contributed by atoms with E-state index in [1.54, 1.807) is 0 Å². The number of hydrogen-bond donors (Lipinski definition) is 0. The van der Waals surface area contributed by atoms with Gasteiger partial charge in [0.05, 0.1) is 16.7 Å². The van der Waals surface area contributed by atoms with Crippen LogP contribution in [-0.4, -0.2) is 4.57 Å². The highest BCUT2D eigenvalue weighted by Crippen LogP contribution is 2.44. The van der Waals surface area contributed by atoms with Crippen molar-refractivity contribution in [1.82, 2.24) is 4.57 Å². The fourth-order valence-corrected chi connectivity index (χ4v) is 9.09. The van der Waals surface area contributed by atoms with Gasteiger partial charge in [-0.05, 0) is 88.0 Å². The van der Waals surface area contributed by atoms with Crippen LogP contribution in [0, 0.1) is 0 Å². The Morgan fingerprint density at radius 1 is 0.353 bits per heavy atom. The molecule has 3 heteroatoms. The molecule has 0 saturated heterocycles.